The predicted molar refractivity (Wildman–Crippen MR) is 40.7 cm³/mol. The Balaban J connectivity index is 2.09. The van der Waals surface area contributed by atoms with Crippen LogP contribution in [0.5, 0.6) is 0 Å². The summed E-state index contributed by atoms with van der Waals surface area (Å²) in [4.78, 5) is 0. The van der Waals surface area contributed by atoms with E-state index < -0.39 is 5.92 Å². The van der Waals surface area contributed by atoms with Crippen LogP contribution in [0.25, 0.3) is 0 Å². The van der Waals surface area contributed by atoms with Crippen molar-refractivity contribution < 1.29 is 8.78 Å². The molecular weight excluding hydrogens is 202 g/mol. The van der Waals surface area contributed by atoms with Crippen molar-refractivity contribution in [1.82, 2.24) is 0 Å². The van der Waals surface area contributed by atoms with Crippen LogP contribution < -0.4 is 0 Å². The largest absolute Gasteiger partial charge is 0.257 e. The van der Waals surface area contributed by atoms with Crippen molar-refractivity contribution in [2.45, 2.75) is 31.6 Å². The minimum atomic E-state index is -2.47. The molecule has 1 saturated carbocycles. The van der Waals surface area contributed by atoms with Crippen LogP contribution in [-0.4, -0.2) is 11.3 Å². The Morgan fingerprint density at radius 1 is 1.40 bits per heavy atom. The van der Waals surface area contributed by atoms with Crippen molar-refractivity contribution in [3.05, 3.63) is 0 Å². The number of hydrogen-bond donors (Lipinski definition) is 0. The van der Waals surface area contributed by atoms with Gasteiger partial charge in [0.1, 0.15) is 0 Å². The number of alkyl halides is 3. The van der Waals surface area contributed by atoms with Crippen LogP contribution in [-0.2, 0) is 0 Å². The molecule has 0 saturated heterocycles. The highest BCUT2D eigenvalue weighted by molar-refractivity contribution is 9.09. The molecule has 0 radical (unpaired) electrons. The van der Waals surface area contributed by atoms with Crippen molar-refractivity contribution >= 4 is 15.9 Å². The molecule has 60 valence electrons. The van der Waals surface area contributed by atoms with E-state index in [0.717, 1.165) is 0 Å². The number of halogens is 3. The molecule has 10 heavy (non-hydrogen) atoms. The number of rotatable bonds is 4. The molecule has 1 aliphatic carbocycles. The second-order valence-corrected chi connectivity index (χ2v) is 3.53. The van der Waals surface area contributed by atoms with Gasteiger partial charge in [-0.2, -0.15) is 0 Å². The first-order valence-corrected chi connectivity index (χ1v) is 4.70. The average Bonchev–Trinajstić information content (AvgIpc) is 2.66. The summed E-state index contributed by atoms with van der Waals surface area (Å²) in [6.07, 6.45) is 3.10. The first-order valence-electron chi connectivity index (χ1n) is 3.58. The minimum absolute atomic E-state index is 0.0584. The van der Waals surface area contributed by atoms with Gasteiger partial charge in [0, 0.05) is 6.42 Å². The Hall–Kier alpha value is 0.340. The van der Waals surface area contributed by atoms with E-state index >= 15 is 0 Å². The lowest BCUT2D eigenvalue weighted by molar-refractivity contribution is 0.0161. The van der Waals surface area contributed by atoms with E-state index in [-0.39, 0.29) is 11.8 Å². The van der Waals surface area contributed by atoms with E-state index in [0.29, 0.717) is 12.3 Å². The predicted octanol–water partition coefficient (Wildman–Crippen LogP) is 3.21. The molecule has 0 N–H and O–H groups in total. The minimum Gasteiger partial charge on any atom is -0.206 e. The summed E-state index contributed by atoms with van der Waals surface area (Å²) in [6.45, 7) is 0. The molecule has 0 atom stereocenters. The van der Waals surface area contributed by atoms with Gasteiger partial charge in [0.2, 0.25) is 0 Å². The zero-order valence-electron chi connectivity index (χ0n) is 5.75. The zero-order valence-corrected chi connectivity index (χ0v) is 7.33. The molecule has 3 heteroatoms. The maximum atomic E-state index is 12.5. The second kappa shape index (κ2) is 3.16. The molecule has 0 aromatic heterocycles. The molecule has 0 nitrogen and oxygen atoms in total. The molecule has 0 aliphatic heterocycles. The summed E-state index contributed by atoms with van der Waals surface area (Å²) in [6, 6.07) is 0. The molecular formula is C7H11BrF2. The fourth-order valence-corrected chi connectivity index (χ4v) is 1.17. The first-order chi connectivity index (χ1) is 4.64. The van der Waals surface area contributed by atoms with E-state index in [1.807, 2.05) is 0 Å². The first kappa shape index (κ1) is 8.44. The van der Waals surface area contributed by atoms with E-state index in [9.17, 15) is 8.78 Å². The van der Waals surface area contributed by atoms with Gasteiger partial charge in [-0.15, -0.1) is 0 Å². The third-order valence-corrected chi connectivity index (χ3v) is 2.63. The van der Waals surface area contributed by atoms with E-state index in [2.05, 4.69) is 15.9 Å². The normalized spacial score (nSPS) is 19.5. The highest BCUT2D eigenvalue weighted by Gasteiger charge is 2.31. The van der Waals surface area contributed by atoms with E-state index in [1.165, 1.54) is 12.8 Å². The van der Waals surface area contributed by atoms with Crippen molar-refractivity contribution in [2.24, 2.45) is 5.92 Å². The molecule has 0 amide bonds. The highest BCUT2D eigenvalue weighted by atomic mass is 79.9. The zero-order chi connectivity index (χ0) is 7.61. The van der Waals surface area contributed by atoms with Crippen LogP contribution in [0.2, 0.25) is 0 Å². The van der Waals surface area contributed by atoms with E-state index in [1.54, 1.807) is 0 Å². The lowest BCUT2D eigenvalue weighted by Gasteiger charge is -2.11. The van der Waals surface area contributed by atoms with Gasteiger partial charge in [0.15, 0.2) is 0 Å². The van der Waals surface area contributed by atoms with Gasteiger partial charge in [-0.25, -0.2) is 8.78 Å². The fourth-order valence-electron chi connectivity index (χ4n) is 0.889. The smallest absolute Gasteiger partial charge is 0.206 e. The van der Waals surface area contributed by atoms with Gasteiger partial charge in [0.05, 0.1) is 5.33 Å². The quantitative estimate of drug-likeness (QED) is 0.629. The maximum absolute atomic E-state index is 12.5. The van der Waals surface area contributed by atoms with Crippen LogP contribution in [0.15, 0.2) is 0 Å². The second-order valence-electron chi connectivity index (χ2n) is 2.97. The van der Waals surface area contributed by atoms with Crippen molar-refractivity contribution in [3.63, 3.8) is 0 Å². The van der Waals surface area contributed by atoms with Gasteiger partial charge in [0.25, 0.3) is 5.92 Å². The molecule has 1 fully saturated rings. The topological polar surface area (TPSA) is 0 Å². The summed E-state index contributed by atoms with van der Waals surface area (Å²) < 4.78 is 25.0. The Labute approximate surface area is 68.1 Å². The Kier molecular flexibility index (Phi) is 2.67. The third kappa shape index (κ3) is 2.95. The standard InChI is InChI=1S/C7H11BrF2/c8-5-7(9,10)4-3-6-1-2-6/h6H,1-5H2. The molecule has 0 spiro atoms. The average molecular weight is 213 g/mol. The highest BCUT2D eigenvalue weighted by Crippen LogP contribution is 2.36. The molecule has 0 bridgehead atoms. The summed E-state index contributed by atoms with van der Waals surface area (Å²) in [5.41, 5.74) is 0. The molecule has 1 aliphatic rings. The summed E-state index contributed by atoms with van der Waals surface area (Å²) in [5, 5.41) is -0.188. The monoisotopic (exact) mass is 212 g/mol. The van der Waals surface area contributed by atoms with Gasteiger partial charge in [-0.1, -0.05) is 28.8 Å². The van der Waals surface area contributed by atoms with Gasteiger partial charge < -0.3 is 0 Å². The van der Waals surface area contributed by atoms with Crippen molar-refractivity contribution in [1.29, 1.82) is 0 Å². The van der Waals surface area contributed by atoms with Crippen LogP contribution in [0, 0.1) is 5.92 Å². The lowest BCUT2D eigenvalue weighted by Crippen LogP contribution is -2.17. The SMILES string of the molecule is FC(F)(CBr)CCC1CC1. The fraction of sp³-hybridized carbons (Fsp3) is 1.00. The molecule has 0 aromatic carbocycles. The third-order valence-electron chi connectivity index (χ3n) is 1.81. The molecule has 0 unspecified atom stereocenters. The van der Waals surface area contributed by atoms with Crippen LogP contribution >= 0.6 is 15.9 Å². The Bertz CT molecular complexity index is 110. The summed E-state index contributed by atoms with van der Waals surface area (Å²) in [7, 11) is 0. The van der Waals surface area contributed by atoms with Gasteiger partial charge in [-0.3, -0.25) is 0 Å². The van der Waals surface area contributed by atoms with Gasteiger partial charge >= 0.3 is 0 Å². The van der Waals surface area contributed by atoms with Crippen molar-refractivity contribution in [3.8, 4) is 0 Å². The van der Waals surface area contributed by atoms with E-state index in [4.69, 9.17) is 0 Å². The molecule has 1 rings (SSSR count). The maximum Gasteiger partial charge on any atom is 0.257 e. The summed E-state index contributed by atoms with van der Waals surface area (Å²) in [5.74, 6) is -1.85. The lowest BCUT2D eigenvalue weighted by atomic mass is 10.1. The van der Waals surface area contributed by atoms with Crippen LogP contribution in [0.1, 0.15) is 25.7 Å². The Morgan fingerprint density at radius 3 is 2.40 bits per heavy atom. The summed E-state index contributed by atoms with van der Waals surface area (Å²) >= 11 is 2.79. The van der Waals surface area contributed by atoms with Crippen LogP contribution in [0.3, 0.4) is 0 Å². The van der Waals surface area contributed by atoms with Crippen LogP contribution in [0.4, 0.5) is 8.78 Å². The molecule has 0 heterocycles. The number of hydrogen-bond acceptors (Lipinski definition) is 0. The van der Waals surface area contributed by atoms with Crippen molar-refractivity contribution in [2.75, 3.05) is 5.33 Å². The van der Waals surface area contributed by atoms with Gasteiger partial charge in [-0.05, 0) is 12.3 Å². The molecule has 0 aromatic rings. The Morgan fingerprint density at radius 2 is 2.00 bits per heavy atom.